The molecule has 0 aromatic rings. The van der Waals surface area contributed by atoms with Gasteiger partial charge in [0.05, 0.1) is 6.04 Å². The molecule has 0 aromatic carbocycles. The highest BCUT2D eigenvalue weighted by molar-refractivity contribution is 5.18. The molecule has 0 aliphatic carbocycles. The van der Waals surface area contributed by atoms with E-state index in [1.54, 1.807) is 0 Å². The number of nitrogens with one attached hydrogen (secondary N) is 1. The molecule has 7 heavy (non-hydrogen) atoms. The first kappa shape index (κ1) is 4.67. The van der Waals surface area contributed by atoms with Crippen molar-refractivity contribution in [3.63, 3.8) is 0 Å². The standard InChI is InChI=1S/C6H9N/c1-3-4-6-5(2)7-6/h5-7H,1-2H3/t5-,6+/m0/s1. The van der Waals surface area contributed by atoms with E-state index in [0.29, 0.717) is 12.1 Å². The van der Waals surface area contributed by atoms with Gasteiger partial charge in [-0.15, -0.1) is 5.92 Å². The molecule has 0 unspecified atom stereocenters. The molecule has 1 fully saturated rings. The molecule has 1 saturated heterocycles. The summed E-state index contributed by atoms with van der Waals surface area (Å²) in [5, 5.41) is 3.16. The molecule has 0 radical (unpaired) electrons. The highest BCUT2D eigenvalue weighted by atomic mass is 15.1. The SMILES string of the molecule is CC#C[C@H]1N[C@H]1C. The van der Waals surface area contributed by atoms with Gasteiger partial charge in [0, 0.05) is 6.04 Å². The van der Waals surface area contributed by atoms with Crippen LogP contribution in [0.25, 0.3) is 0 Å². The quantitative estimate of drug-likeness (QED) is 0.341. The molecule has 1 heteroatoms. The Morgan fingerprint density at radius 2 is 2.14 bits per heavy atom. The lowest BCUT2D eigenvalue weighted by Crippen LogP contribution is -1.81. The first-order valence-corrected chi connectivity index (χ1v) is 2.53. The van der Waals surface area contributed by atoms with Crippen LogP contribution in [0.2, 0.25) is 0 Å². The van der Waals surface area contributed by atoms with Crippen molar-refractivity contribution in [1.29, 1.82) is 0 Å². The maximum absolute atomic E-state index is 3.16. The van der Waals surface area contributed by atoms with Crippen molar-refractivity contribution in [2.45, 2.75) is 25.9 Å². The van der Waals surface area contributed by atoms with Gasteiger partial charge in [0.1, 0.15) is 0 Å². The zero-order chi connectivity index (χ0) is 5.28. The predicted molar refractivity (Wildman–Crippen MR) is 29.8 cm³/mol. The Morgan fingerprint density at radius 1 is 1.57 bits per heavy atom. The van der Waals surface area contributed by atoms with Gasteiger partial charge in [0.2, 0.25) is 0 Å². The normalized spacial score (nSPS) is 36.3. The second-order valence-corrected chi connectivity index (χ2v) is 1.83. The van der Waals surface area contributed by atoms with Gasteiger partial charge < -0.3 is 0 Å². The summed E-state index contributed by atoms with van der Waals surface area (Å²) < 4.78 is 0. The number of rotatable bonds is 0. The molecule has 2 atom stereocenters. The Kier molecular flexibility index (Phi) is 1.04. The summed E-state index contributed by atoms with van der Waals surface area (Å²) in [6.07, 6.45) is 0. The molecule has 1 rings (SSSR count). The minimum Gasteiger partial charge on any atom is -0.297 e. The van der Waals surface area contributed by atoms with Crippen LogP contribution in [0.5, 0.6) is 0 Å². The van der Waals surface area contributed by atoms with Crippen molar-refractivity contribution in [3.8, 4) is 11.8 Å². The Hall–Kier alpha value is -0.480. The van der Waals surface area contributed by atoms with Crippen molar-refractivity contribution in [3.05, 3.63) is 0 Å². The van der Waals surface area contributed by atoms with Crippen LogP contribution in [0.3, 0.4) is 0 Å². The predicted octanol–water partition coefficient (Wildman–Crippen LogP) is 0.370. The van der Waals surface area contributed by atoms with Crippen LogP contribution in [-0.2, 0) is 0 Å². The molecular weight excluding hydrogens is 86.1 g/mol. The molecule has 1 heterocycles. The maximum Gasteiger partial charge on any atom is 0.0845 e. The van der Waals surface area contributed by atoms with Gasteiger partial charge in [-0.3, -0.25) is 5.32 Å². The van der Waals surface area contributed by atoms with Gasteiger partial charge in [-0.25, -0.2) is 0 Å². The van der Waals surface area contributed by atoms with E-state index >= 15 is 0 Å². The summed E-state index contributed by atoms with van der Waals surface area (Å²) in [4.78, 5) is 0. The molecule has 0 aromatic heterocycles. The van der Waals surface area contributed by atoms with Crippen LogP contribution in [0, 0.1) is 11.8 Å². The highest BCUT2D eigenvalue weighted by Crippen LogP contribution is 2.06. The van der Waals surface area contributed by atoms with Crippen LogP contribution in [-0.4, -0.2) is 12.1 Å². The second kappa shape index (κ2) is 1.55. The summed E-state index contributed by atoms with van der Waals surface area (Å²) in [7, 11) is 0. The molecule has 1 nitrogen and oxygen atoms in total. The van der Waals surface area contributed by atoms with E-state index in [2.05, 4.69) is 24.1 Å². The molecule has 1 aliphatic rings. The van der Waals surface area contributed by atoms with E-state index in [4.69, 9.17) is 0 Å². The van der Waals surface area contributed by atoms with E-state index in [1.165, 1.54) is 0 Å². The van der Waals surface area contributed by atoms with Gasteiger partial charge in [-0.05, 0) is 13.8 Å². The van der Waals surface area contributed by atoms with E-state index in [9.17, 15) is 0 Å². The van der Waals surface area contributed by atoms with Crippen molar-refractivity contribution in [2.24, 2.45) is 0 Å². The van der Waals surface area contributed by atoms with E-state index in [-0.39, 0.29) is 0 Å². The third kappa shape index (κ3) is 0.942. The molecule has 0 amide bonds. The maximum atomic E-state index is 3.16. The summed E-state index contributed by atoms with van der Waals surface area (Å²) in [5.41, 5.74) is 0. The topological polar surface area (TPSA) is 21.9 Å². The van der Waals surface area contributed by atoms with Crippen molar-refractivity contribution >= 4 is 0 Å². The monoisotopic (exact) mass is 95.1 g/mol. The minimum atomic E-state index is 0.505. The summed E-state index contributed by atoms with van der Waals surface area (Å²) in [6, 6.07) is 1.15. The lowest BCUT2D eigenvalue weighted by Gasteiger charge is -1.66. The Balaban J connectivity index is 2.29. The summed E-state index contributed by atoms with van der Waals surface area (Å²) in [5.74, 6) is 5.86. The third-order valence-corrected chi connectivity index (χ3v) is 1.13. The Morgan fingerprint density at radius 3 is 2.29 bits per heavy atom. The summed E-state index contributed by atoms with van der Waals surface area (Å²) in [6.45, 7) is 4.00. The minimum absolute atomic E-state index is 0.505. The van der Waals surface area contributed by atoms with Crippen LogP contribution in [0.15, 0.2) is 0 Å². The second-order valence-electron chi connectivity index (χ2n) is 1.83. The average Bonchev–Trinajstić information content (AvgIpc) is 2.22. The fraction of sp³-hybridized carbons (Fsp3) is 0.667. The highest BCUT2D eigenvalue weighted by Gasteiger charge is 2.28. The molecule has 38 valence electrons. The van der Waals surface area contributed by atoms with Crippen molar-refractivity contribution < 1.29 is 0 Å². The molecule has 1 aliphatic heterocycles. The fourth-order valence-corrected chi connectivity index (χ4v) is 0.550. The lowest BCUT2D eigenvalue weighted by molar-refractivity contribution is 1.09. The van der Waals surface area contributed by atoms with Crippen molar-refractivity contribution in [1.82, 2.24) is 5.32 Å². The van der Waals surface area contributed by atoms with Gasteiger partial charge in [0.25, 0.3) is 0 Å². The van der Waals surface area contributed by atoms with E-state index in [0.717, 1.165) is 0 Å². The first-order valence-electron chi connectivity index (χ1n) is 2.53. The van der Waals surface area contributed by atoms with Gasteiger partial charge in [0.15, 0.2) is 0 Å². The summed E-state index contributed by atoms with van der Waals surface area (Å²) >= 11 is 0. The third-order valence-electron chi connectivity index (χ3n) is 1.13. The Labute approximate surface area is 44.1 Å². The zero-order valence-corrected chi connectivity index (χ0v) is 4.65. The molecule has 1 N–H and O–H groups in total. The van der Waals surface area contributed by atoms with Crippen LogP contribution < -0.4 is 5.32 Å². The van der Waals surface area contributed by atoms with Gasteiger partial charge >= 0.3 is 0 Å². The molecule has 0 bridgehead atoms. The van der Waals surface area contributed by atoms with Gasteiger partial charge in [-0.1, -0.05) is 5.92 Å². The fourth-order valence-electron chi connectivity index (χ4n) is 0.550. The van der Waals surface area contributed by atoms with Crippen molar-refractivity contribution in [2.75, 3.05) is 0 Å². The number of hydrogen-bond acceptors (Lipinski definition) is 1. The first-order chi connectivity index (χ1) is 3.34. The Bertz CT molecular complexity index is 118. The smallest absolute Gasteiger partial charge is 0.0845 e. The zero-order valence-electron chi connectivity index (χ0n) is 4.65. The molecule has 0 saturated carbocycles. The molecular formula is C6H9N. The van der Waals surface area contributed by atoms with Gasteiger partial charge in [-0.2, -0.15) is 0 Å². The lowest BCUT2D eigenvalue weighted by atomic mass is 10.3. The number of hydrogen-bond donors (Lipinski definition) is 1. The average molecular weight is 95.1 g/mol. The van der Waals surface area contributed by atoms with E-state index < -0.39 is 0 Å². The van der Waals surface area contributed by atoms with Crippen LogP contribution in [0.4, 0.5) is 0 Å². The van der Waals surface area contributed by atoms with Crippen LogP contribution >= 0.6 is 0 Å². The van der Waals surface area contributed by atoms with E-state index in [1.807, 2.05) is 6.92 Å². The molecule has 0 spiro atoms. The van der Waals surface area contributed by atoms with Crippen LogP contribution in [0.1, 0.15) is 13.8 Å². The largest absolute Gasteiger partial charge is 0.297 e.